The molecule has 0 aliphatic carbocycles. The van der Waals surface area contributed by atoms with Crippen molar-refractivity contribution in [2.45, 2.75) is 0 Å². The molecule has 1 aromatic heterocycles. The Labute approximate surface area is 107 Å². The van der Waals surface area contributed by atoms with Gasteiger partial charge in [-0.3, -0.25) is 0 Å². The predicted octanol–water partition coefficient (Wildman–Crippen LogP) is -1.39. The number of aromatic nitrogens is 2. The van der Waals surface area contributed by atoms with Crippen LogP contribution in [0.1, 0.15) is 0 Å². The van der Waals surface area contributed by atoms with E-state index in [0.717, 1.165) is 29.8 Å². The van der Waals surface area contributed by atoms with Gasteiger partial charge in [-0.25, -0.2) is 9.97 Å². The van der Waals surface area contributed by atoms with Crippen molar-refractivity contribution < 1.29 is 12.4 Å². The first-order valence-corrected chi connectivity index (χ1v) is 5.36. The average Bonchev–Trinajstić information content (AvgIpc) is 2.29. The molecule has 1 aromatic carbocycles. The summed E-state index contributed by atoms with van der Waals surface area (Å²) in [5.41, 5.74) is 0.977. The Hall–Kier alpha value is -1.39. The van der Waals surface area contributed by atoms with Crippen molar-refractivity contribution in [2.24, 2.45) is 0 Å². The molecule has 1 N–H and O–H groups in total. The zero-order valence-electron chi connectivity index (χ0n) is 10.0. The van der Waals surface area contributed by atoms with Crippen LogP contribution in [0.4, 0.5) is 5.82 Å². The van der Waals surface area contributed by atoms with E-state index in [0.29, 0.717) is 0 Å². The van der Waals surface area contributed by atoms with Gasteiger partial charge in [0.1, 0.15) is 12.1 Å². The summed E-state index contributed by atoms with van der Waals surface area (Å²) in [5, 5.41) is 4.40. The van der Waals surface area contributed by atoms with Gasteiger partial charge in [0.15, 0.2) is 0 Å². The minimum atomic E-state index is 0. The van der Waals surface area contributed by atoms with Gasteiger partial charge >= 0.3 is 0 Å². The first-order valence-electron chi connectivity index (χ1n) is 5.36. The van der Waals surface area contributed by atoms with E-state index in [4.69, 9.17) is 0 Å². The van der Waals surface area contributed by atoms with Crippen molar-refractivity contribution in [2.75, 3.05) is 32.5 Å². The van der Waals surface area contributed by atoms with Gasteiger partial charge in [-0.05, 0) is 26.2 Å². The van der Waals surface area contributed by atoms with Crippen LogP contribution in [-0.4, -0.2) is 42.1 Å². The van der Waals surface area contributed by atoms with Crippen LogP contribution in [0.5, 0.6) is 0 Å². The third-order valence-corrected chi connectivity index (χ3v) is 2.39. The lowest BCUT2D eigenvalue weighted by atomic mass is 10.2. The number of nitrogens with zero attached hydrogens (tertiary/aromatic N) is 3. The third kappa shape index (κ3) is 3.54. The lowest BCUT2D eigenvalue weighted by Gasteiger charge is -2.11. The van der Waals surface area contributed by atoms with Gasteiger partial charge < -0.3 is 22.6 Å². The van der Waals surface area contributed by atoms with Crippen molar-refractivity contribution in [3.8, 4) is 0 Å². The second-order valence-corrected chi connectivity index (χ2v) is 3.97. The molecule has 17 heavy (non-hydrogen) atoms. The molecular weight excluding hydrogens is 236 g/mol. The number of anilines is 1. The number of fused-ring (bicyclic) bond motifs is 1. The lowest BCUT2D eigenvalue weighted by molar-refractivity contribution is -0.00000347. The summed E-state index contributed by atoms with van der Waals surface area (Å²) in [6.45, 7) is 1.87. The summed E-state index contributed by atoms with van der Waals surface area (Å²) >= 11 is 0. The third-order valence-electron chi connectivity index (χ3n) is 2.39. The molecule has 0 spiro atoms. The number of halogens is 1. The van der Waals surface area contributed by atoms with E-state index in [-0.39, 0.29) is 12.4 Å². The summed E-state index contributed by atoms with van der Waals surface area (Å²) in [5.74, 6) is 0.910. The van der Waals surface area contributed by atoms with Crippen molar-refractivity contribution >= 4 is 16.7 Å². The summed E-state index contributed by atoms with van der Waals surface area (Å²) in [6.07, 6.45) is 1.60. The Balaban J connectivity index is 0.00000144. The maximum Gasteiger partial charge on any atom is 0.137 e. The monoisotopic (exact) mass is 251 g/mol. The number of hydrogen-bond donors (Lipinski definition) is 1. The minimum absolute atomic E-state index is 0. The smallest absolute Gasteiger partial charge is 0.137 e. The van der Waals surface area contributed by atoms with Crippen LogP contribution in [0.15, 0.2) is 30.6 Å². The molecule has 0 amide bonds. The molecule has 2 aromatic rings. The Kier molecular flexibility index (Phi) is 5.12. The molecule has 0 bridgehead atoms. The van der Waals surface area contributed by atoms with E-state index in [9.17, 15) is 0 Å². The number of para-hydroxylation sites is 1. The molecule has 0 radical (unpaired) electrons. The van der Waals surface area contributed by atoms with E-state index in [1.54, 1.807) is 6.33 Å². The van der Waals surface area contributed by atoms with Crippen LogP contribution in [-0.2, 0) is 0 Å². The number of benzene rings is 1. The SMILES string of the molecule is CN(C)CCNc1ncnc2ccccc12.[Cl-]. The quantitative estimate of drug-likeness (QED) is 0.727. The number of rotatable bonds is 4. The number of hydrogen-bond acceptors (Lipinski definition) is 4. The molecule has 2 rings (SSSR count). The van der Waals surface area contributed by atoms with Crippen molar-refractivity contribution in [3.05, 3.63) is 30.6 Å². The standard InChI is InChI=1S/C12H16N4.ClH/c1-16(2)8-7-13-12-10-5-3-4-6-11(10)14-9-15-12;/h3-6,9H,7-8H2,1-2H3,(H,13,14,15);1H/p-1. The van der Waals surface area contributed by atoms with E-state index < -0.39 is 0 Å². The molecule has 0 saturated carbocycles. The van der Waals surface area contributed by atoms with Gasteiger partial charge in [0.25, 0.3) is 0 Å². The fraction of sp³-hybridized carbons (Fsp3) is 0.333. The first kappa shape index (κ1) is 13.7. The van der Waals surface area contributed by atoms with Crippen LogP contribution in [0.2, 0.25) is 0 Å². The van der Waals surface area contributed by atoms with E-state index in [1.165, 1.54) is 0 Å². The molecule has 0 saturated heterocycles. The topological polar surface area (TPSA) is 41.0 Å². The van der Waals surface area contributed by atoms with Crippen molar-refractivity contribution in [1.29, 1.82) is 0 Å². The lowest BCUT2D eigenvalue weighted by Crippen LogP contribution is -3.00. The summed E-state index contributed by atoms with van der Waals surface area (Å²) in [6, 6.07) is 8.02. The first-order chi connectivity index (χ1) is 7.77. The van der Waals surface area contributed by atoms with Crippen molar-refractivity contribution in [3.63, 3.8) is 0 Å². The maximum atomic E-state index is 4.26. The molecule has 0 aliphatic rings. The van der Waals surface area contributed by atoms with Crippen LogP contribution in [0.3, 0.4) is 0 Å². The Morgan fingerprint density at radius 3 is 2.71 bits per heavy atom. The zero-order chi connectivity index (χ0) is 11.4. The fourth-order valence-electron chi connectivity index (χ4n) is 1.54. The second kappa shape index (κ2) is 6.37. The summed E-state index contributed by atoms with van der Waals surface area (Å²) < 4.78 is 0. The van der Waals surface area contributed by atoms with Crippen LogP contribution in [0.25, 0.3) is 10.9 Å². The Morgan fingerprint density at radius 1 is 1.18 bits per heavy atom. The van der Waals surface area contributed by atoms with Gasteiger partial charge in [0.2, 0.25) is 0 Å². The Morgan fingerprint density at radius 2 is 1.94 bits per heavy atom. The van der Waals surface area contributed by atoms with Crippen LogP contribution < -0.4 is 17.7 Å². The number of nitrogens with one attached hydrogen (secondary N) is 1. The van der Waals surface area contributed by atoms with Gasteiger partial charge in [0.05, 0.1) is 5.52 Å². The molecule has 4 nitrogen and oxygen atoms in total. The average molecular weight is 252 g/mol. The van der Waals surface area contributed by atoms with Crippen LogP contribution >= 0.6 is 0 Å². The van der Waals surface area contributed by atoms with Gasteiger partial charge in [-0.2, -0.15) is 0 Å². The van der Waals surface area contributed by atoms with Crippen LogP contribution in [0, 0.1) is 0 Å². The Bertz CT molecular complexity index is 468. The van der Waals surface area contributed by atoms with E-state index in [2.05, 4.69) is 34.3 Å². The molecule has 92 valence electrons. The van der Waals surface area contributed by atoms with Crippen molar-refractivity contribution in [1.82, 2.24) is 14.9 Å². The highest BCUT2D eigenvalue weighted by molar-refractivity contribution is 5.88. The normalized spacial score (nSPS) is 10.3. The molecular formula is C12H16ClN4-. The van der Waals surface area contributed by atoms with Gasteiger partial charge in [0, 0.05) is 18.5 Å². The fourth-order valence-corrected chi connectivity index (χ4v) is 1.54. The highest BCUT2D eigenvalue weighted by Crippen LogP contribution is 2.17. The van der Waals surface area contributed by atoms with Gasteiger partial charge in [-0.1, -0.05) is 12.1 Å². The predicted molar refractivity (Wildman–Crippen MR) is 66.6 cm³/mol. The van der Waals surface area contributed by atoms with E-state index >= 15 is 0 Å². The molecule has 0 unspecified atom stereocenters. The molecule has 0 atom stereocenters. The largest absolute Gasteiger partial charge is 1.00 e. The van der Waals surface area contributed by atoms with Gasteiger partial charge in [-0.15, -0.1) is 0 Å². The molecule has 5 heteroatoms. The molecule has 0 fully saturated rings. The van der Waals surface area contributed by atoms with E-state index in [1.807, 2.05) is 24.3 Å². The highest BCUT2D eigenvalue weighted by Gasteiger charge is 2.01. The second-order valence-electron chi connectivity index (χ2n) is 3.97. The summed E-state index contributed by atoms with van der Waals surface area (Å²) in [7, 11) is 4.11. The minimum Gasteiger partial charge on any atom is -1.00 e. The maximum absolute atomic E-state index is 4.26. The number of likely N-dealkylation sites (N-methyl/N-ethyl adjacent to an activating group) is 1. The zero-order valence-corrected chi connectivity index (χ0v) is 10.8. The highest BCUT2D eigenvalue weighted by atomic mass is 35.5. The molecule has 1 heterocycles. The summed E-state index contributed by atoms with van der Waals surface area (Å²) in [4.78, 5) is 10.6. The molecule has 0 aliphatic heterocycles.